The molecule has 0 radical (unpaired) electrons. The van der Waals surface area contributed by atoms with E-state index >= 15 is 0 Å². The number of fused-ring (bicyclic) bond motifs is 1. The highest BCUT2D eigenvalue weighted by Crippen LogP contribution is 2.34. The number of H-pyrrole nitrogens is 1. The molecule has 0 amide bonds. The Bertz CT molecular complexity index is 1340. The van der Waals surface area contributed by atoms with Gasteiger partial charge in [0.05, 0.1) is 10.3 Å². The Labute approximate surface area is 207 Å². The van der Waals surface area contributed by atoms with Crippen molar-refractivity contribution in [1.29, 1.82) is 0 Å². The third-order valence-corrected chi connectivity index (χ3v) is 6.50. The van der Waals surface area contributed by atoms with Crippen LogP contribution < -0.4 is 4.90 Å². The Hall–Kier alpha value is -3.28. The molecule has 1 aliphatic rings. The molecule has 5 rings (SSSR count). The van der Waals surface area contributed by atoms with E-state index in [-0.39, 0.29) is 10.6 Å². The van der Waals surface area contributed by atoms with Crippen LogP contribution in [0.15, 0.2) is 53.4 Å². The summed E-state index contributed by atoms with van der Waals surface area (Å²) >= 11 is 9.40. The summed E-state index contributed by atoms with van der Waals surface area (Å²) in [4.78, 5) is 24.5. The highest BCUT2D eigenvalue weighted by molar-refractivity contribution is 9.10. The lowest BCUT2D eigenvalue weighted by Crippen LogP contribution is -2.46. The number of ether oxygens (including phenoxy) is 1. The average molecular weight is 546 g/mol. The highest BCUT2D eigenvalue weighted by atomic mass is 79.9. The molecule has 0 unspecified atom stereocenters. The number of piperazine rings is 1. The summed E-state index contributed by atoms with van der Waals surface area (Å²) in [6.07, 6.45) is 1.52. The zero-order valence-electron chi connectivity index (χ0n) is 17.9. The lowest BCUT2D eigenvalue weighted by atomic mass is 10.1. The van der Waals surface area contributed by atoms with Gasteiger partial charge in [0.1, 0.15) is 16.7 Å². The third-order valence-electron chi connectivity index (χ3n) is 5.68. The Balaban J connectivity index is 1.27. The molecule has 12 heteroatoms. The number of nitrogens with zero attached hydrogens (tertiary/aromatic N) is 6. The van der Waals surface area contributed by atoms with E-state index in [2.05, 4.69) is 50.6 Å². The van der Waals surface area contributed by atoms with Gasteiger partial charge in [-0.25, -0.2) is 9.97 Å². The number of anilines is 1. The number of halogens is 2. The lowest BCUT2D eigenvalue weighted by Gasteiger charge is -2.35. The first-order chi connectivity index (χ1) is 16.5. The summed E-state index contributed by atoms with van der Waals surface area (Å²) in [5, 5.41) is 20.2. The molecule has 174 valence electrons. The second-order valence-electron chi connectivity index (χ2n) is 7.87. The van der Waals surface area contributed by atoms with Crippen molar-refractivity contribution >= 4 is 50.1 Å². The van der Waals surface area contributed by atoms with Crippen molar-refractivity contribution < 1.29 is 9.66 Å². The zero-order valence-corrected chi connectivity index (χ0v) is 20.2. The molecule has 0 saturated carbocycles. The van der Waals surface area contributed by atoms with Crippen LogP contribution in [0.25, 0.3) is 11.0 Å². The number of aromatic amines is 1. The Morgan fingerprint density at radius 1 is 1.12 bits per heavy atom. The standard InChI is InChI=1S/C22H19BrClN7O3/c23-20-19-21(28-27-20)25-13-26-22(19)30-9-7-29(8-10-30)12-14-1-6-18(17(11-14)31(32)33)34-16-4-2-15(24)3-5-16/h1-6,11,13H,7-10,12H2,(H,25,26,27,28)/p+1. The largest absolute Gasteiger partial charge is 0.541 e. The Morgan fingerprint density at radius 3 is 2.62 bits per heavy atom. The second kappa shape index (κ2) is 9.53. The van der Waals surface area contributed by atoms with Crippen LogP contribution in [0.5, 0.6) is 11.5 Å². The Kier molecular flexibility index (Phi) is 6.31. The minimum Gasteiger partial charge on any atom is -0.541 e. The van der Waals surface area contributed by atoms with Crippen molar-refractivity contribution in [2.45, 2.75) is 6.54 Å². The van der Waals surface area contributed by atoms with Gasteiger partial charge in [0.25, 0.3) is 5.75 Å². The van der Waals surface area contributed by atoms with Crippen molar-refractivity contribution in [3.8, 4) is 11.5 Å². The molecule has 2 N–H and O–H groups in total. The molecular weight excluding hydrogens is 526 g/mol. The Morgan fingerprint density at radius 2 is 1.88 bits per heavy atom. The molecule has 0 bridgehead atoms. The van der Waals surface area contributed by atoms with Crippen LogP contribution in [-0.2, 0) is 6.54 Å². The van der Waals surface area contributed by atoms with Gasteiger partial charge in [-0.1, -0.05) is 11.6 Å². The van der Waals surface area contributed by atoms with E-state index in [9.17, 15) is 10.1 Å². The number of benzene rings is 2. The number of nitro groups is 1. The quantitative estimate of drug-likeness (QED) is 0.213. The number of nitrogens with one attached hydrogen (secondary N) is 1. The van der Waals surface area contributed by atoms with Crippen molar-refractivity contribution in [3.05, 3.63) is 74.1 Å². The van der Waals surface area contributed by atoms with Gasteiger partial charge in [0.15, 0.2) is 5.65 Å². The van der Waals surface area contributed by atoms with E-state index in [1.165, 1.54) is 6.33 Å². The number of hydrogen-bond acceptors (Lipinski definition) is 7. The molecule has 10 nitrogen and oxygen atoms in total. The van der Waals surface area contributed by atoms with Crippen LogP contribution in [-0.4, -0.2) is 60.9 Å². The van der Waals surface area contributed by atoms with Gasteiger partial charge in [-0.15, -0.1) is 0 Å². The van der Waals surface area contributed by atoms with E-state index in [1.54, 1.807) is 36.4 Å². The smallest absolute Gasteiger partial charge is 0.363 e. The maximum Gasteiger partial charge on any atom is 0.363 e. The minimum atomic E-state index is -0.390. The molecule has 0 aliphatic carbocycles. The van der Waals surface area contributed by atoms with Crippen molar-refractivity contribution in [2.24, 2.45) is 0 Å². The molecule has 1 saturated heterocycles. The molecule has 1 fully saturated rings. The number of aromatic hydroxyl groups is 2. The number of hydrogen-bond donors (Lipinski definition) is 1. The van der Waals surface area contributed by atoms with Crippen LogP contribution in [0, 0.1) is 10.1 Å². The monoisotopic (exact) mass is 544 g/mol. The first kappa shape index (κ1) is 22.5. The first-order valence-electron chi connectivity index (χ1n) is 10.5. The zero-order chi connectivity index (χ0) is 23.7. The summed E-state index contributed by atoms with van der Waals surface area (Å²) in [6.45, 7) is 3.76. The predicted molar refractivity (Wildman–Crippen MR) is 133 cm³/mol. The number of rotatable bonds is 6. The fourth-order valence-corrected chi connectivity index (χ4v) is 4.55. The second-order valence-corrected chi connectivity index (χ2v) is 9.09. The van der Waals surface area contributed by atoms with E-state index in [0.717, 1.165) is 47.5 Å². The summed E-state index contributed by atoms with van der Waals surface area (Å²) < 4.78 is 5.18. The lowest BCUT2D eigenvalue weighted by molar-refractivity contribution is -0.386. The SMILES string of the molecule is O=[N+]([O-])c1cc(CN2CCN(c3ncnc4n[nH]c(Br)c34)CC2)ccc1[OH+]c1ccc(Cl)cc1. The molecule has 34 heavy (non-hydrogen) atoms. The van der Waals surface area contributed by atoms with E-state index in [4.69, 9.17) is 11.6 Å². The fourth-order valence-electron chi connectivity index (χ4n) is 3.98. The summed E-state index contributed by atoms with van der Waals surface area (Å²) in [7, 11) is 0. The predicted octanol–water partition coefficient (Wildman–Crippen LogP) is 4.65. The number of aromatic nitrogens is 4. The molecule has 2 aromatic carbocycles. The van der Waals surface area contributed by atoms with Crippen LogP contribution >= 0.6 is 27.5 Å². The third kappa shape index (κ3) is 4.67. The topological polar surface area (TPSA) is 117 Å². The van der Waals surface area contributed by atoms with Gasteiger partial charge in [0.2, 0.25) is 0 Å². The van der Waals surface area contributed by atoms with E-state index < -0.39 is 0 Å². The van der Waals surface area contributed by atoms with Crippen molar-refractivity contribution in [1.82, 2.24) is 25.1 Å². The highest BCUT2D eigenvalue weighted by Gasteiger charge is 2.25. The maximum atomic E-state index is 11.7. The molecule has 0 atom stereocenters. The molecule has 3 heterocycles. The van der Waals surface area contributed by atoms with Crippen LogP contribution in [0.2, 0.25) is 5.02 Å². The summed E-state index contributed by atoms with van der Waals surface area (Å²) in [6, 6.07) is 12.1. The number of nitro benzene ring substituents is 1. The van der Waals surface area contributed by atoms with Crippen LogP contribution in [0.1, 0.15) is 5.56 Å². The molecular formula is C22H20BrClN7O3+. The van der Waals surface area contributed by atoms with Gasteiger partial charge in [-0.3, -0.25) is 20.1 Å². The van der Waals surface area contributed by atoms with E-state index in [0.29, 0.717) is 28.7 Å². The van der Waals surface area contributed by atoms with E-state index in [1.807, 2.05) is 6.07 Å². The van der Waals surface area contributed by atoms with Gasteiger partial charge >= 0.3 is 11.4 Å². The molecule has 2 aromatic heterocycles. The first-order valence-corrected chi connectivity index (χ1v) is 11.7. The fraction of sp³-hybridized carbons (Fsp3) is 0.227. The van der Waals surface area contributed by atoms with Gasteiger partial charge in [-0.2, -0.15) is 5.10 Å². The van der Waals surface area contributed by atoms with Crippen LogP contribution in [0.4, 0.5) is 11.5 Å². The van der Waals surface area contributed by atoms with Crippen LogP contribution in [0.3, 0.4) is 0 Å². The average Bonchev–Trinajstić information content (AvgIpc) is 3.23. The maximum absolute atomic E-state index is 11.7. The minimum absolute atomic E-state index is 0.0146. The summed E-state index contributed by atoms with van der Waals surface area (Å²) in [5.74, 6) is 1.77. The molecule has 4 aromatic rings. The normalized spacial score (nSPS) is 14.5. The molecule has 0 spiro atoms. The van der Waals surface area contributed by atoms with Gasteiger partial charge < -0.3 is 9.64 Å². The van der Waals surface area contributed by atoms with Crippen molar-refractivity contribution in [2.75, 3.05) is 31.1 Å². The van der Waals surface area contributed by atoms with Gasteiger partial charge in [-0.05, 0) is 39.7 Å². The van der Waals surface area contributed by atoms with Crippen molar-refractivity contribution in [3.63, 3.8) is 0 Å². The summed E-state index contributed by atoms with van der Waals surface area (Å²) in [5.41, 5.74) is 1.48. The molecule has 1 aliphatic heterocycles. The van der Waals surface area contributed by atoms with Gasteiger partial charge in [0, 0.05) is 62.0 Å².